The number of ether oxygens (including phenoxy) is 1. The Morgan fingerprint density at radius 2 is 1.52 bits per heavy atom. The third-order valence-electron chi connectivity index (χ3n) is 7.16. The maximum absolute atomic E-state index is 13.4. The zero-order valence-corrected chi connectivity index (χ0v) is 21.7. The van der Waals surface area contributed by atoms with Gasteiger partial charge in [0.15, 0.2) is 5.60 Å². The van der Waals surface area contributed by atoms with Gasteiger partial charge in [0, 0.05) is 11.8 Å². The largest absolute Gasteiger partial charge is 0.467 e. The second-order valence-electron chi connectivity index (χ2n) is 9.88. The monoisotopic (exact) mass is 442 g/mol. The standard InChI is InChI=1S/C26H36O3Si.H2O/c1-18-16-21(26(29-30,24(27)28-5)17-22(18)25(2,3)4)23(19-12-8-6-9-13-19)20-14-10-7-11-15-20;/h6-15,18,21-23H,16-17H2,1-5,30H3;1H2. The summed E-state index contributed by atoms with van der Waals surface area (Å²) in [5.74, 6) is 0.735. The number of methoxy groups -OCH3 is 1. The van der Waals surface area contributed by atoms with Gasteiger partial charge in [0.1, 0.15) is 10.5 Å². The number of esters is 1. The first kappa shape index (κ1) is 25.3. The average Bonchev–Trinajstić information content (AvgIpc) is 2.74. The Hall–Kier alpha value is -1.95. The number of rotatable bonds is 5. The van der Waals surface area contributed by atoms with E-state index in [0.29, 0.717) is 28.7 Å². The van der Waals surface area contributed by atoms with E-state index in [2.05, 4.69) is 76.2 Å². The molecule has 0 aromatic heterocycles. The number of carbonyl (C=O) groups excluding carboxylic acids is 1. The van der Waals surface area contributed by atoms with Gasteiger partial charge < -0.3 is 14.6 Å². The first-order valence-electron chi connectivity index (χ1n) is 11.0. The zero-order chi connectivity index (χ0) is 21.9. The minimum Gasteiger partial charge on any atom is -0.467 e. The minimum atomic E-state index is -0.915. The van der Waals surface area contributed by atoms with E-state index in [-0.39, 0.29) is 28.7 Å². The summed E-state index contributed by atoms with van der Waals surface area (Å²) in [5.41, 5.74) is 1.63. The fourth-order valence-corrected chi connectivity index (χ4v) is 6.34. The molecular weight excluding hydrogens is 404 g/mol. The SMILES string of the molecule is COC(=O)C1(O[SiH3])CC(C(C)(C)C)C(C)CC1C(c1ccccc1)c1ccccc1.O. The predicted octanol–water partition coefficient (Wildman–Crippen LogP) is 3.91. The van der Waals surface area contributed by atoms with Gasteiger partial charge in [0.25, 0.3) is 0 Å². The molecule has 2 aromatic carbocycles. The summed E-state index contributed by atoms with van der Waals surface area (Å²) in [6.45, 7) is 9.16. The predicted molar refractivity (Wildman–Crippen MR) is 129 cm³/mol. The summed E-state index contributed by atoms with van der Waals surface area (Å²) in [6.07, 6.45) is 1.63. The molecule has 1 aliphatic carbocycles. The van der Waals surface area contributed by atoms with Gasteiger partial charge in [-0.25, -0.2) is 4.79 Å². The molecule has 2 N–H and O–H groups in total. The second kappa shape index (κ2) is 10.1. The molecular formula is C26H38O4Si. The molecule has 0 spiro atoms. The Morgan fingerprint density at radius 3 is 1.90 bits per heavy atom. The van der Waals surface area contributed by atoms with Crippen molar-refractivity contribution in [2.24, 2.45) is 23.2 Å². The molecule has 0 bridgehead atoms. The molecule has 3 rings (SSSR count). The molecule has 0 radical (unpaired) electrons. The fraction of sp³-hybridized carbons (Fsp3) is 0.500. The van der Waals surface area contributed by atoms with Crippen molar-refractivity contribution < 1.29 is 19.4 Å². The first-order chi connectivity index (χ1) is 14.2. The fourth-order valence-electron chi connectivity index (χ4n) is 5.70. The lowest BCUT2D eigenvalue weighted by atomic mass is 9.55. The van der Waals surface area contributed by atoms with E-state index in [9.17, 15) is 4.79 Å². The van der Waals surface area contributed by atoms with Crippen molar-refractivity contribution >= 4 is 16.5 Å². The highest BCUT2D eigenvalue weighted by atomic mass is 28.2. The highest BCUT2D eigenvalue weighted by molar-refractivity contribution is 6.00. The third kappa shape index (κ3) is 4.94. The lowest BCUT2D eigenvalue weighted by Gasteiger charge is -2.53. The number of carbonyl (C=O) groups is 1. The van der Waals surface area contributed by atoms with Gasteiger partial charge in [0.2, 0.25) is 0 Å². The summed E-state index contributed by atoms with van der Waals surface area (Å²) in [6, 6.07) is 21.1. The molecule has 4 nitrogen and oxygen atoms in total. The van der Waals surface area contributed by atoms with Gasteiger partial charge in [-0.1, -0.05) is 88.4 Å². The summed E-state index contributed by atoms with van der Waals surface area (Å²) >= 11 is 0. The van der Waals surface area contributed by atoms with Crippen LogP contribution in [0.4, 0.5) is 0 Å². The van der Waals surface area contributed by atoms with Crippen LogP contribution in [-0.2, 0) is 14.0 Å². The maximum atomic E-state index is 13.4. The van der Waals surface area contributed by atoms with Crippen LogP contribution in [0.2, 0.25) is 0 Å². The number of benzene rings is 2. The summed E-state index contributed by atoms with van der Waals surface area (Å²) < 4.78 is 11.7. The van der Waals surface area contributed by atoms with Gasteiger partial charge in [-0.05, 0) is 41.2 Å². The van der Waals surface area contributed by atoms with Gasteiger partial charge in [-0.15, -0.1) is 0 Å². The highest BCUT2D eigenvalue weighted by Gasteiger charge is 2.57. The second-order valence-corrected chi connectivity index (χ2v) is 10.3. The molecule has 0 heterocycles. The topological polar surface area (TPSA) is 67.0 Å². The molecule has 1 aliphatic rings. The average molecular weight is 443 g/mol. The summed E-state index contributed by atoms with van der Waals surface area (Å²) in [7, 11) is 1.98. The quantitative estimate of drug-likeness (QED) is 0.521. The molecule has 170 valence electrons. The van der Waals surface area contributed by atoms with Gasteiger partial charge in [0.05, 0.1) is 7.11 Å². The van der Waals surface area contributed by atoms with Crippen LogP contribution >= 0.6 is 0 Å². The maximum Gasteiger partial charge on any atom is 0.337 e. The van der Waals surface area contributed by atoms with E-state index in [1.165, 1.54) is 18.2 Å². The van der Waals surface area contributed by atoms with Crippen LogP contribution in [0.1, 0.15) is 57.6 Å². The van der Waals surface area contributed by atoms with Crippen LogP contribution in [0, 0.1) is 23.2 Å². The van der Waals surface area contributed by atoms with Crippen LogP contribution in [0.15, 0.2) is 60.7 Å². The van der Waals surface area contributed by atoms with E-state index in [0.717, 1.165) is 6.42 Å². The Bertz CT molecular complexity index is 794. The van der Waals surface area contributed by atoms with Crippen molar-refractivity contribution in [3.8, 4) is 0 Å². The van der Waals surface area contributed by atoms with E-state index in [4.69, 9.17) is 9.16 Å². The Kier molecular flexibility index (Phi) is 8.25. The zero-order valence-electron chi connectivity index (χ0n) is 19.7. The lowest BCUT2D eigenvalue weighted by Crippen LogP contribution is -2.57. The molecule has 0 aliphatic heterocycles. The van der Waals surface area contributed by atoms with Gasteiger partial charge in [-0.3, -0.25) is 0 Å². The van der Waals surface area contributed by atoms with Crippen LogP contribution in [-0.4, -0.2) is 34.6 Å². The van der Waals surface area contributed by atoms with Crippen molar-refractivity contribution in [1.82, 2.24) is 0 Å². The van der Waals surface area contributed by atoms with E-state index < -0.39 is 5.60 Å². The smallest absolute Gasteiger partial charge is 0.337 e. The van der Waals surface area contributed by atoms with Crippen molar-refractivity contribution in [2.45, 2.75) is 52.1 Å². The molecule has 4 atom stereocenters. The summed E-state index contributed by atoms with van der Waals surface area (Å²) in [5, 5.41) is 0. The van der Waals surface area contributed by atoms with Crippen molar-refractivity contribution in [3.05, 3.63) is 71.8 Å². The van der Waals surface area contributed by atoms with Crippen LogP contribution in [0.5, 0.6) is 0 Å². The Morgan fingerprint density at radius 1 is 1.03 bits per heavy atom. The first-order valence-corrected chi connectivity index (χ1v) is 11.8. The third-order valence-corrected chi connectivity index (χ3v) is 7.89. The van der Waals surface area contributed by atoms with Crippen molar-refractivity contribution in [2.75, 3.05) is 7.11 Å². The Balaban J connectivity index is 0.00000341. The molecule has 2 aromatic rings. The molecule has 1 saturated carbocycles. The molecule has 0 saturated heterocycles. The van der Waals surface area contributed by atoms with E-state index in [1.54, 1.807) is 0 Å². The normalized spacial score (nSPS) is 26.3. The van der Waals surface area contributed by atoms with Crippen LogP contribution < -0.4 is 0 Å². The molecule has 5 heteroatoms. The minimum absolute atomic E-state index is 0. The number of hydrogen-bond donors (Lipinski definition) is 0. The molecule has 31 heavy (non-hydrogen) atoms. The molecule has 1 fully saturated rings. The van der Waals surface area contributed by atoms with E-state index >= 15 is 0 Å². The van der Waals surface area contributed by atoms with Crippen LogP contribution in [0.25, 0.3) is 0 Å². The highest BCUT2D eigenvalue weighted by Crippen LogP contribution is 2.54. The Labute approximate surface area is 190 Å². The van der Waals surface area contributed by atoms with Gasteiger partial charge >= 0.3 is 5.97 Å². The van der Waals surface area contributed by atoms with Crippen molar-refractivity contribution in [3.63, 3.8) is 0 Å². The van der Waals surface area contributed by atoms with Crippen LogP contribution in [0.3, 0.4) is 0 Å². The molecule has 4 unspecified atom stereocenters. The molecule has 0 amide bonds. The van der Waals surface area contributed by atoms with Crippen molar-refractivity contribution in [1.29, 1.82) is 0 Å². The van der Waals surface area contributed by atoms with Gasteiger partial charge in [-0.2, -0.15) is 0 Å². The summed E-state index contributed by atoms with van der Waals surface area (Å²) in [4.78, 5) is 13.4. The number of hydrogen-bond acceptors (Lipinski definition) is 3. The lowest BCUT2D eigenvalue weighted by molar-refractivity contribution is -0.176. The van der Waals surface area contributed by atoms with E-state index in [1.807, 2.05) is 12.1 Å².